The highest BCUT2D eigenvalue weighted by molar-refractivity contribution is 5.78. The normalized spacial score (nSPS) is 20.5. The van der Waals surface area contributed by atoms with Crippen molar-refractivity contribution in [2.24, 2.45) is 0 Å². The Morgan fingerprint density at radius 3 is 2.81 bits per heavy atom. The van der Waals surface area contributed by atoms with Gasteiger partial charge in [0.2, 0.25) is 0 Å². The molecule has 0 N–H and O–H groups in total. The molecule has 1 aromatic heterocycles. The standard InChI is InChI=1S/C22H24N4/c1-25-13-18-11-19(26-8-2-3-9-26)5-6-20(18)21(14-25)16-4-7-22-17(10-16)12-23-15-24-22/h4-7,10-12,15,21H,2-3,8-9,13-14H2,1H3. The molecular weight excluding hydrogens is 320 g/mol. The number of fused-ring (bicyclic) bond motifs is 2. The number of likely N-dealkylation sites (N-methyl/N-ethyl adjacent to an activating group) is 1. The van der Waals surface area contributed by atoms with Crippen molar-refractivity contribution in [1.29, 1.82) is 0 Å². The van der Waals surface area contributed by atoms with Crippen LogP contribution in [0.5, 0.6) is 0 Å². The molecule has 4 nitrogen and oxygen atoms in total. The molecule has 0 saturated carbocycles. The first-order chi connectivity index (χ1) is 12.8. The molecule has 1 unspecified atom stereocenters. The van der Waals surface area contributed by atoms with Crippen molar-refractivity contribution in [1.82, 2.24) is 14.9 Å². The molecule has 1 saturated heterocycles. The van der Waals surface area contributed by atoms with E-state index in [-0.39, 0.29) is 0 Å². The molecule has 4 heteroatoms. The van der Waals surface area contributed by atoms with E-state index in [2.05, 4.69) is 63.2 Å². The maximum absolute atomic E-state index is 4.36. The van der Waals surface area contributed by atoms with E-state index >= 15 is 0 Å². The molecule has 0 bridgehead atoms. The fourth-order valence-corrected chi connectivity index (χ4v) is 4.51. The average molecular weight is 344 g/mol. The predicted molar refractivity (Wildman–Crippen MR) is 106 cm³/mol. The van der Waals surface area contributed by atoms with Crippen LogP contribution in [0, 0.1) is 0 Å². The summed E-state index contributed by atoms with van der Waals surface area (Å²) < 4.78 is 0. The topological polar surface area (TPSA) is 32.3 Å². The number of nitrogens with zero attached hydrogens (tertiary/aromatic N) is 4. The van der Waals surface area contributed by atoms with Gasteiger partial charge >= 0.3 is 0 Å². The molecule has 5 rings (SSSR count). The molecule has 26 heavy (non-hydrogen) atoms. The molecule has 0 radical (unpaired) electrons. The van der Waals surface area contributed by atoms with Crippen LogP contribution in [0.4, 0.5) is 5.69 Å². The minimum absolute atomic E-state index is 0.404. The largest absolute Gasteiger partial charge is 0.372 e. The molecule has 0 spiro atoms. The monoisotopic (exact) mass is 344 g/mol. The molecule has 2 aromatic carbocycles. The zero-order valence-electron chi connectivity index (χ0n) is 15.2. The van der Waals surface area contributed by atoms with Crippen molar-refractivity contribution in [3.8, 4) is 0 Å². The van der Waals surface area contributed by atoms with Gasteiger partial charge in [-0.1, -0.05) is 12.1 Å². The van der Waals surface area contributed by atoms with Crippen LogP contribution in [0.15, 0.2) is 48.9 Å². The fraction of sp³-hybridized carbons (Fsp3) is 0.364. The van der Waals surface area contributed by atoms with E-state index < -0.39 is 0 Å². The molecule has 1 fully saturated rings. The van der Waals surface area contributed by atoms with E-state index in [9.17, 15) is 0 Å². The first-order valence-electron chi connectivity index (χ1n) is 9.54. The molecule has 0 amide bonds. The Labute approximate surface area is 154 Å². The first-order valence-corrected chi connectivity index (χ1v) is 9.54. The van der Waals surface area contributed by atoms with Gasteiger partial charge in [-0.3, -0.25) is 0 Å². The van der Waals surface area contributed by atoms with Gasteiger partial charge in [0.05, 0.1) is 5.52 Å². The second-order valence-electron chi connectivity index (χ2n) is 7.67. The van der Waals surface area contributed by atoms with Crippen LogP contribution in [-0.2, 0) is 6.54 Å². The molecule has 3 aromatic rings. The third kappa shape index (κ3) is 2.74. The quantitative estimate of drug-likeness (QED) is 0.708. The first kappa shape index (κ1) is 15.8. The van der Waals surface area contributed by atoms with Gasteiger partial charge in [-0.25, -0.2) is 9.97 Å². The van der Waals surface area contributed by atoms with Gasteiger partial charge in [-0.15, -0.1) is 0 Å². The van der Waals surface area contributed by atoms with Gasteiger partial charge < -0.3 is 9.80 Å². The number of anilines is 1. The summed E-state index contributed by atoms with van der Waals surface area (Å²) in [4.78, 5) is 13.5. The highest BCUT2D eigenvalue weighted by Crippen LogP contribution is 2.36. The molecule has 1 atom stereocenters. The summed E-state index contributed by atoms with van der Waals surface area (Å²) in [6.07, 6.45) is 6.17. The second-order valence-corrected chi connectivity index (χ2v) is 7.67. The SMILES string of the molecule is CN1Cc2cc(N3CCCC3)ccc2C(c2ccc3ncncc3c2)C1. The van der Waals surface area contributed by atoms with E-state index in [1.54, 1.807) is 6.33 Å². The third-order valence-electron chi connectivity index (χ3n) is 5.84. The number of hydrogen-bond donors (Lipinski definition) is 0. The molecular formula is C22H24N4. The lowest BCUT2D eigenvalue weighted by Gasteiger charge is -2.33. The maximum Gasteiger partial charge on any atom is 0.116 e. The summed E-state index contributed by atoms with van der Waals surface area (Å²) in [5.74, 6) is 0.404. The van der Waals surface area contributed by atoms with E-state index in [4.69, 9.17) is 0 Å². The van der Waals surface area contributed by atoms with Gasteiger partial charge in [0.25, 0.3) is 0 Å². The van der Waals surface area contributed by atoms with Crippen LogP contribution in [0.2, 0.25) is 0 Å². The molecule has 0 aliphatic carbocycles. The Hall–Kier alpha value is -2.46. The van der Waals surface area contributed by atoms with Gasteiger partial charge in [0.1, 0.15) is 6.33 Å². The van der Waals surface area contributed by atoms with Crippen LogP contribution in [0.3, 0.4) is 0 Å². The van der Waals surface area contributed by atoms with Crippen LogP contribution >= 0.6 is 0 Å². The van der Waals surface area contributed by atoms with E-state index in [0.717, 1.165) is 24.0 Å². The summed E-state index contributed by atoms with van der Waals surface area (Å²) in [6, 6.07) is 13.7. The molecule has 2 aliphatic heterocycles. The van der Waals surface area contributed by atoms with Crippen LogP contribution < -0.4 is 4.90 Å². The van der Waals surface area contributed by atoms with Crippen molar-refractivity contribution in [3.05, 3.63) is 65.6 Å². The van der Waals surface area contributed by atoms with Crippen molar-refractivity contribution >= 4 is 16.6 Å². The summed E-state index contributed by atoms with van der Waals surface area (Å²) in [5.41, 5.74) is 6.70. The van der Waals surface area contributed by atoms with Crippen molar-refractivity contribution in [2.45, 2.75) is 25.3 Å². The van der Waals surface area contributed by atoms with Crippen molar-refractivity contribution in [3.63, 3.8) is 0 Å². The minimum Gasteiger partial charge on any atom is -0.372 e. The Bertz CT molecular complexity index is 946. The molecule has 132 valence electrons. The lowest BCUT2D eigenvalue weighted by molar-refractivity contribution is 0.295. The van der Waals surface area contributed by atoms with Crippen molar-refractivity contribution < 1.29 is 0 Å². The van der Waals surface area contributed by atoms with E-state index in [1.807, 2.05) is 6.20 Å². The minimum atomic E-state index is 0.404. The van der Waals surface area contributed by atoms with Crippen LogP contribution in [0.1, 0.15) is 35.4 Å². The Balaban J connectivity index is 1.55. The Morgan fingerprint density at radius 2 is 1.92 bits per heavy atom. The summed E-state index contributed by atoms with van der Waals surface area (Å²) >= 11 is 0. The fourth-order valence-electron chi connectivity index (χ4n) is 4.51. The summed E-state index contributed by atoms with van der Waals surface area (Å²) in [5, 5.41) is 1.12. The lowest BCUT2D eigenvalue weighted by atomic mass is 9.84. The van der Waals surface area contributed by atoms with Gasteiger partial charge in [-0.2, -0.15) is 0 Å². The highest BCUT2D eigenvalue weighted by Gasteiger charge is 2.26. The number of rotatable bonds is 2. The molecule has 2 aliphatic rings. The van der Waals surface area contributed by atoms with Gasteiger partial charge in [0, 0.05) is 49.4 Å². The zero-order chi connectivity index (χ0) is 17.5. The molecule has 3 heterocycles. The van der Waals surface area contributed by atoms with E-state index in [0.29, 0.717) is 5.92 Å². The number of benzene rings is 2. The van der Waals surface area contributed by atoms with Gasteiger partial charge in [-0.05, 0) is 60.8 Å². The zero-order valence-corrected chi connectivity index (χ0v) is 15.2. The summed E-state index contributed by atoms with van der Waals surface area (Å²) in [6.45, 7) is 4.48. The van der Waals surface area contributed by atoms with Crippen LogP contribution in [0.25, 0.3) is 10.9 Å². The third-order valence-corrected chi connectivity index (χ3v) is 5.84. The maximum atomic E-state index is 4.36. The van der Waals surface area contributed by atoms with Crippen molar-refractivity contribution in [2.75, 3.05) is 31.6 Å². The van der Waals surface area contributed by atoms with Gasteiger partial charge in [0.15, 0.2) is 0 Å². The lowest BCUT2D eigenvalue weighted by Crippen LogP contribution is -2.31. The van der Waals surface area contributed by atoms with E-state index in [1.165, 1.54) is 48.3 Å². The number of hydrogen-bond acceptors (Lipinski definition) is 4. The predicted octanol–water partition coefficient (Wildman–Crippen LogP) is 3.81. The highest BCUT2D eigenvalue weighted by atomic mass is 15.1. The Kier molecular flexibility index (Phi) is 3.86. The number of aromatic nitrogens is 2. The summed E-state index contributed by atoms with van der Waals surface area (Å²) in [7, 11) is 2.22. The Morgan fingerprint density at radius 1 is 1.04 bits per heavy atom. The van der Waals surface area contributed by atoms with Crippen LogP contribution in [-0.4, -0.2) is 41.5 Å². The second kappa shape index (κ2) is 6.36. The smallest absolute Gasteiger partial charge is 0.116 e. The average Bonchev–Trinajstić information content (AvgIpc) is 3.21.